The van der Waals surface area contributed by atoms with Crippen molar-refractivity contribution < 1.29 is 29.0 Å². The number of aliphatic imine (C=N–C) groups is 1. The standard InChI is InChI=1S/C8H13N3O6/c1-11(4-5(12)13)6(9-7(14)16-2)10-8(15)17-3/h4H2,1-3H3,(H,12,13)(H,9,10,14,15). The predicted molar refractivity (Wildman–Crippen MR) is 55.6 cm³/mol. The Morgan fingerprint density at radius 3 is 2.29 bits per heavy atom. The molecule has 9 heteroatoms. The van der Waals surface area contributed by atoms with Gasteiger partial charge >= 0.3 is 18.2 Å². The predicted octanol–water partition coefficient (Wildman–Crippen LogP) is -0.519. The summed E-state index contributed by atoms with van der Waals surface area (Å²) in [6.45, 7) is -0.459. The summed E-state index contributed by atoms with van der Waals surface area (Å²) in [6, 6.07) is 0. The molecule has 0 aliphatic heterocycles. The Balaban J connectivity index is 4.83. The van der Waals surface area contributed by atoms with Crippen LogP contribution in [0.3, 0.4) is 0 Å². The van der Waals surface area contributed by atoms with Gasteiger partial charge in [-0.3, -0.25) is 10.1 Å². The normalized spacial score (nSPS) is 10.4. The van der Waals surface area contributed by atoms with Gasteiger partial charge in [-0.25, -0.2) is 9.59 Å². The number of methoxy groups -OCH3 is 2. The summed E-state index contributed by atoms with van der Waals surface area (Å²) in [7, 11) is 3.53. The fourth-order valence-corrected chi connectivity index (χ4v) is 0.761. The Morgan fingerprint density at radius 2 is 1.88 bits per heavy atom. The minimum absolute atomic E-state index is 0.286. The summed E-state index contributed by atoms with van der Waals surface area (Å²) < 4.78 is 8.55. The second-order valence-corrected chi connectivity index (χ2v) is 2.77. The molecule has 0 rings (SSSR count). The zero-order valence-corrected chi connectivity index (χ0v) is 9.59. The summed E-state index contributed by atoms with van der Waals surface area (Å²) in [5.74, 6) is -1.44. The van der Waals surface area contributed by atoms with Crippen LogP contribution in [0.1, 0.15) is 0 Å². The zero-order valence-electron chi connectivity index (χ0n) is 9.59. The molecule has 0 heterocycles. The topological polar surface area (TPSA) is 118 Å². The lowest BCUT2D eigenvalue weighted by Crippen LogP contribution is -2.44. The van der Waals surface area contributed by atoms with Crippen molar-refractivity contribution in [1.29, 1.82) is 0 Å². The van der Waals surface area contributed by atoms with Crippen LogP contribution in [0.15, 0.2) is 4.99 Å². The van der Waals surface area contributed by atoms with Gasteiger partial charge in [0, 0.05) is 7.05 Å². The van der Waals surface area contributed by atoms with Crippen molar-refractivity contribution in [1.82, 2.24) is 10.2 Å². The largest absolute Gasteiger partial charge is 0.480 e. The third-order valence-corrected chi connectivity index (χ3v) is 1.51. The maximum absolute atomic E-state index is 10.9. The van der Waals surface area contributed by atoms with Gasteiger partial charge in [0.15, 0.2) is 0 Å². The highest BCUT2D eigenvalue weighted by atomic mass is 16.5. The molecule has 0 saturated heterocycles. The number of amides is 2. The molecule has 0 bridgehead atoms. The van der Waals surface area contributed by atoms with Crippen LogP contribution in [0.2, 0.25) is 0 Å². The lowest BCUT2D eigenvalue weighted by atomic mass is 10.6. The number of alkyl carbamates (subject to hydrolysis) is 1. The number of carbonyl (C=O) groups is 3. The van der Waals surface area contributed by atoms with Crippen molar-refractivity contribution >= 4 is 24.1 Å². The van der Waals surface area contributed by atoms with Crippen LogP contribution < -0.4 is 5.32 Å². The molecule has 0 aliphatic rings. The molecule has 17 heavy (non-hydrogen) atoms. The van der Waals surface area contributed by atoms with Crippen molar-refractivity contribution in [2.24, 2.45) is 4.99 Å². The van der Waals surface area contributed by atoms with E-state index in [1.165, 1.54) is 7.05 Å². The maximum Gasteiger partial charge on any atom is 0.436 e. The van der Waals surface area contributed by atoms with E-state index >= 15 is 0 Å². The minimum atomic E-state index is -1.16. The Morgan fingerprint density at radius 1 is 1.29 bits per heavy atom. The average molecular weight is 247 g/mol. The molecule has 2 amide bonds. The third-order valence-electron chi connectivity index (χ3n) is 1.51. The second-order valence-electron chi connectivity index (χ2n) is 2.77. The van der Waals surface area contributed by atoms with Gasteiger partial charge in [0.1, 0.15) is 6.54 Å². The molecule has 9 nitrogen and oxygen atoms in total. The molecule has 0 radical (unpaired) electrons. The molecule has 0 spiro atoms. The van der Waals surface area contributed by atoms with Crippen LogP contribution in [0, 0.1) is 0 Å². The first-order valence-corrected chi connectivity index (χ1v) is 4.35. The lowest BCUT2D eigenvalue weighted by Gasteiger charge is -2.18. The fourth-order valence-electron chi connectivity index (χ4n) is 0.761. The smallest absolute Gasteiger partial charge is 0.436 e. The van der Waals surface area contributed by atoms with E-state index in [9.17, 15) is 14.4 Å². The van der Waals surface area contributed by atoms with E-state index in [0.717, 1.165) is 19.1 Å². The summed E-state index contributed by atoms with van der Waals surface area (Å²) in [4.78, 5) is 36.7. The van der Waals surface area contributed by atoms with Gasteiger partial charge in [0.2, 0.25) is 5.96 Å². The Bertz CT molecular complexity index is 340. The quantitative estimate of drug-likeness (QED) is 0.498. The highest BCUT2D eigenvalue weighted by Gasteiger charge is 2.15. The zero-order chi connectivity index (χ0) is 13.4. The van der Waals surface area contributed by atoms with Crippen molar-refractivity contribution in [3.8, 4) is 0 Å². The first-order valence-electron chi connectivity index (χ1n) is 4.35. The van der Waals surface area contributed by atoms with E-state index in [-0.39, 0.29) is 5.96 Å². The molecular weight excluding hydrogens is 234 g/mol. The number of carboxylic acids is 1. The molecule has 0 aromatic rings. The number of nitrogens with one attached hydrogen (secondary N) is 1. The van der Waals surface area contributed by atoms with Crippen LogP contribution in [0.25, 0.3) is 0 Å². The Hall–Kier alpha value is -2.32. The van der Waals surface area contributed by atoms with Crippen LogP contribution >= 0.6 is 0 Å². The SMILES string of the molecule is COC(=O)/N=C(/NC(=O)OC)N(C)CC(=O)O. The highest BCUT2D eigenvalue weighted by Crippen LogP contribution is 1.90. The van der Waals surface area contributed by atoms with Crippen molar-refractivity contribution in [2.45, 2.75) is 0 Å². The summed E-state index contributed by atoms with van der Waals surface area (Å²) in [6.07, 6.45) is -1.86. The van der Waals surface area contributed by atoms with E-state index in [2.05, 4.69) is 19.8 Å². The van der Waals surface area contributed by atoms with E-state index in [0.29, 0.717) is 0 Å². The number of carboxylic acid groups (broad SMARTS) is 1. The number of aliphatic carboxylic acids is 1. The van der Waals surface area contributed by atoms with E-state index in [4.69, 9.17) is 5.11 Å². The van der Waals surface area contributed by atoms with Gasteiger partial charge in [-0.2, -0.15) is 0 Å². The summed E-state index contributed by atoms with van der Waals surface area (Å²) in [5.41, 5.74) is 0. The number of rotatable bonds is 2. The Kier molecular flexibility index (Phi) is 6.08. The number of hydrogen-bond donors (Lipinski definition) is 2. The minimum Gasteiger partial charge on any atom is -0.480 e. The van der Waals surface area contributed by atoms with Gasteiger partial charge < -0.3 is 19.5 Å². The van der Waals surface area contributed by atoms with Crippen molar-refractivity contribution in [2.75, 3.05) is 27.8 Å². The molecule has 0 aromatic heterocycles. The number of guanidine groups is 1. The first-order chi connectivity index (χ1) is 7.90. The van der Waals surface area contributed by atoms with Gasteiger partial charge in [-0.15, -0.1) is 4.99 Å². The third kappa shape index (κ3) is 5.97. The average Bonchev–Trinajstić information content (AvgIpc) is 2.26. The van der Waals surface area contributed by atoms with Crippen molar-refractivity contribution in [3.05, 3.63) is 0 Å². The molecule has 0 unspecified atom stereocenters. The lowest BCUT2D eigenvalue weighted by molar-refractivity contribution is -0.137. The summed E-state index contributed by atoms with van der Waals surface area (Å²) >= 11 is 0. The molecule has 0 atom stereocenters. The number of likely N-dealkylation sites (N-methyl/N-ethyl adjacent to an activating group) is 1. The molecule has 0 saturated carbocycles. The molecule has 96 valence electrons. The van der Waals surface area contributed by atoms with Gasteiger partial charge in [-0.1, -0.05) is 0 Å². The fraction of sp³-hybridized carbons (Fsp3) is 0.500. The molecular formula is C8H13N3O6. The molecule has 0 fully saturated rings. The van der Waals surface area contributed by atoms with E-state index < -0.39 is 24.7 Å². The maximum atomic E-state index is 10.9. The molecule has 0 aromatic carbocycles. The van der Waals surface area contributed by atoms with Crippen LogP contribution in [-0.4, -0.2) is 61.9 Å². The molecule has 0 aliphatic carbocycles. The van der Waals surface area contributed by atoms with Gasteiger partial charge in [0.25, 0.3) is 0 Å². The number of carbonyl (C=O) groups excluding carboxylic acids is 2. The number of hydrogen-bond acceptors (Lipinski definition) is 5. The van der Waals surface area contributed by atoms with Crippen LogP contribution in [0.4, 0.5) is 9.59 Å². The monoisotopic (exact) mass is 247 g/mol. The first kappa shape index (κ1) is 14.7. The van der Waals surface area contributed by atoms with Crippen LogP contribution in [-0.2, 0) is 14.3 Å². The Labute approximate surface area is 97.0 Å². The van der Waals surface area contributed by atoms with Crippen LogP contribution in [0.5, 0.6) is 0 Å². The number of nitrogens with zero attached hydrogens (tertiary/aromatic N) is 2. The molecule has 2 N–H and O–H groups in total. The van der Waals surface area contributed by atoms with E-state index in [1.54, 1.807) is 0 Å². The van der Waals surface area contributed by atoms with Crippen molar-refractivity contribution in [3.63, 3.8) is 0 Å². The highest BCUT2D eigenvalue weighted by molar-refractivity contribution is 5.99. The summed E-state index contributed by atoms with van der Waals surface area (Å²) in [5, 5.41) is 10.6. The number of ether oxygens (including phenoxy) is 2. The van der Waals surface area contributed by atoms with Gasteiger partial charge in [-0.05, 0) is 0 Å². The van der Waals surface area contributed by atoms with Gasteiger partial charge in [0.05, 0.1) is 14.2 Å². The second kappa shape index (κ2) is 7.04. The van der Waals surface area contributed by atoms with E-state index in [1.807, 2.05) is 0 Å².